The molecule has 10 heteroatoms. The Labute approximate surface area is 207 Å². The van der Waals surface area contributed by atoms with Gasteiger partial charge in [-0.2, -0.15) is 5.10 Å². The fourth-order valence-corrected chi connectivity index (χ4v) is 4.62. The molecule has 0 bridgehead atoms. The number of fused-ring (bicyclic) bond motifs is 1. The summed E-state index contributed by atoms with van der Waals surface area (Å²) < 4.78 is 21.6. The van der Waals surface area contributed by atoms with Gasteiger partial charge in [-0.25, -0.2) is 9.07 Å². The van der Waals surface area contributed by atoms with Crippen molar-refractivity contribution < 1.29 is 14.2 Å². The van der Waals surface area contributed by atoms with Crippen LogP contribution in [0.15, 0.2) is 54.9 Å². The number of alkyl halides is 1. The van der Waals surface area contributed by atoms with E-state index in [4.69, 9.17) is 16.3 Å². The van der Waals surface area contributed by atoms with Crippen LogP contribution in [-0.4, -0.2) is 57.6 Å². The van der Waals surface area contributed by atoms with Crippen LogP contribution in [0.25, 0.3) is 16.5 Å². The van der Waals surface area contributed by atoms with Crippen molar-refractivity contribution in [2.24, 2.45) is 0 Å². The van der Waals surface area contributed by atoms with Crippen molar-refractivity contribution >= 4 is 34.0 Å². The van der Waals surface area contributed by atoms with Crippen molar-refractivity contribution in [1.29, 1.82) is 0 Å². The molecule has 0 aliphatic carbocycles. The molecule has 0 saturated carbocycles. The number of aliphatic hydroxyl groups is 1. The lowest BCUT2D eigenvalue weighted by molar-refractivity contribution is 0.0480. The summed E-state index contributed by atoms with van der Waals surface area (Å²) in [5, 5.41) is 28.4. The van der Waals surface area contributed by atoms with Gasteiger partial charge in [0.1, 0.15) is 11.4 Å². The highest BCUT2D eigenvalue weighted by atomic mass is 35.5. The highest BCUT2D eigenvalue weighted by Crippen LogP contribution is 2.34. The second-order valence-electron chi connectivity index (χ2n) is 8.67. The maximum absolute atomic E-state index is 14.6. The molecule has 3 heterocycles. The summed E-state index contributed by atoms with van der Waals surface area (Å²) in [7, 11) is 1.58. The summed E-state index contributed by atoms with van der Waals surface area (Å²) in [4.78, 5) is 2.03. The Morgan fingerprint density at radius 3 is 2.66 bits per heavy atom. The van der Waals surface area contributed by atoms with E-state index in [2.05, 4.69) is 20.6 Å². The summed E-state index contributed by atoms with van der Waals surface area (Å²) in [5.41, 5.74) is 0.324. The number of aromatic nitrogens is 4. The van der Waals surface area contributed by atoms with Gasteiger partial charge in [-0.15, -0.1) is 10.2 Å². The lowest BCUT2D eigenvalue weighted by atomic mass is 9.94. The molecule has 4 aromatic rings. The smallest absolute Gasteiger partial charge is 0.159 e. The average Bonchev–Trinajstić information content (AvgIpc) is 3.43. The minimum Gasteiger partial charge on any atom is -0.495 e. The highest BCUT2D eigenvalue weighted by molar-refractivity contribution is 6.32. The zero-order valence-corrected chi connectivity index (χ0v) is 20.0. The lowest BCUT2D eigenvalue weighted by Crippen LogP contribution is -2.44. The van der Waals surface area contributed by atoms with Gasteiger partial charge in [0.25, 0.3) is 0 Å². The molecule has 0 amide bonds. The Balaban J connectivity index is 1.49. The van der Waals surface area contributed by atoms with Gasteiger partial charge in [-0.3, -0.25) is 0 Å². The Hall–Kier alpha value is -3.43. The number of nitrogens with one attached hydrogen (secondary N) is 1. The predicted octanol–water partition coefficient (Wildman–Crippen LogP) is 4.39. The maximum Gasteiger partial charge on any atom is 0.159 e. The van der Waals surface area contributed by atoms with Crippen molar-refractivity contribution in [3.05, 3.63) is 65.4 Å². The minimum atomic E-state index is -1.53. The summed E-state index contributed by atoms with van der Waals surface area (Å²) in [5.74, 6) is 1.94. The third-order valence-electron chi connectivity index (χ3n) is 6.43. The van der Waals surface area contributed by atoms with Crippen molar-refractivity contribution in [1.82, 2.24) is 20.0 Å². The van der Waals surface area contributed by atoms with Gasteiger partial charge in [-0.1, -0.05) is 17.7 Å². The van der Waals surface area contributed by atoms with E-state index < -0.39 is 12.3 Å². The largest absolute Gasteiger partial charge is 0.495 e. The molecule has 2 aromatic heterocycles. The molecule has 0 atom stereocenters. The Kier molecular flexibility index (Phi) is 6.44. The topological polar surface area (TPSA) is 88.3 Å². The number of ether oxygens (including phenoxy) is 1. The van der Waals surface area contributed by atoms with Gasteiger partial charge in [0.2, 0.25) is 0 Å². The van der Waals surface area contributed by atoms with Crippen molar-refractivity contribution in [2.75, 3.05) is 37.0 Å². The number of hydrogen-bond donors (Lipinski definition) is 2. The molecule has 8 nitrogen and oxygen atoms in total. The van der Waals surface area contributed by atoms with Gasteiger partial charge in [-0.05, 0) is 42.0 Å². The van der Waals surface area contributed by atoms with Crippen LogP contribution in [0, 0.1) is 0 Å². The molecule has 182 valence electrons. The number of piperidine rings is 1. The van der Waals surface area contributed by atoms with E-state index in [1.807, 2.05) is 53.6 Å². The van der Waals surface area contributed by atoms with Crippen LogP contribution in [0.1, 0.15) is 18.4 Å². The molecule has 1 aliphatic rings. The van der Waals surface area contributed by atoms with Crippen LogP contribution in [0.2, 0.25) is 5.02 Å². The van der Waals surface area contributed by atoms with Crippen LogP contribution in [0.3, 0.4) is 0 Å². The summed E-state index contributed by atoms with van der Waals surface area (Å²) >= 11 is 6.28. The molecule has 2 aromatic carbocycles. The van der Waals surface area contributed by atoms with Crippen LogP contribution in [-0.2, 0) is 6.54 Å². The van der Waals surface area contributed by atoms with E-state index in [1.165, 1.54) is 0 Å². The molecular weight excluding hydrogens is 471 g/mol. The molecule has 2 N–H and O–H groups in total. The SMILES string of the molecule is COc1ccc(CNc2nnc(N3CCC(F)(CO)CC3)c3ccc(-n4cccn4)cc23)cc1Cl. The number of anilines is 2. The molecule has 0 spiro atoms. The van der Waals surface area contributed by atoms with Gasteiger partial charge in [0.05, 0.1) is 24.4 Å². The third-order valence-corrected chi connectivity index (χ3v) is 6.73. The highest BCUT2D eigenvalue weighted by Gasteiger charge is 2.34. The van der Waals surface area contributed by atoms with E-state index in [1.54, 1.807) is 18.0 Å². The van der Waals surface area contributed by atoms with Crippen LogP contribution in [0.5, 0.6) is 5.75 Å². The number of halogens is 2. The second-order valence-corrected chi connectivity index (χ2v) is 9.08. The number of nitrogens with zero attached hydrogens (tertiary/aromatic N) is 5. The molecular formula is C25H26ClFN6O2. The average molecular weight is 497 g/mol. The number of rotatable bonds is 7. The number of aliphatic hydroxyl groups excluding tert-OH is 1. The van der Waals surface area contributed by atoms with Gasteiger partial charge < -0.3 is 20.1 Å². The second kappa shape index (κ2) is 9.67. The zero-order chi connectivity index (χ0) is 24.4. The number of methoxy groups -OCH3 is 1. The van der Waals surface area contributed by atoms with Crippen LogP contribution < -0.4 is 15.0 Å². The van der Waals surface area contributed by atoms with E-state index in [0.29, 0.717) is 42.0 Å². The third kappa shape index (κ3) is 4.74. The molecule has 1 saturated heterocycles. The molecule has 1 fully saturated rings. The van der Waals surface area contributed by atoms with Gasteiger partial charge in [0.15, 0.2) is 11.6 Å². The van der Waals surface area contributed by atoms with E-state index in [9.17, 15) is 9.50 Å². The molecule has 0 radical (unpaired) electrons. The normalized spacial score (nSPS) is 15.4. The zero-order valence-electron chi connectivity index (χ0n) is 19.3. The minimum absolute atomic E-state index is 0.246. The lowest BCUT2D eigenvalue weighted by Gasteiger charge is -2.36. The number of benzene rings is 2. The first kappa shape index (κ1) is 23.3. The van der Waals surface area contributed by atoms with Crippen molar-refractivity contribution in [3.63, 3.8) is 0 Å². The Morgan fingerprint density at radius 2 is 1.97 bits per heavy atom. The fourth-order valence-electron chi connectivity index (χ4n) is 4.34. The summed E-state index contributed by atoms with van der Waals surface area (Å²) in [6, 6.07) is 13.5. The van der Waals surface area contributed by atoms with Crippen LogP contribution in [0.4, 0.5) is 16.0 Å². The first-order chi connectivity index (χ1) is 17.0. The van der Waals surface area contributed by atoms with Crippen molar-refractivity contribution in [2.45, 2.75) is 25.1 Å². The monoisotopic (exact) mass is 496 g/mol. The number of hydrogen-bond acceptors (Lipinski definition) is 7. The first-order valence-corrected chi connectivity index (χ1v) is 11.8. The van der Waals surface area contributed by atoms with E-state index >= 15 is 0 Å². The molecule has 0 unspecified atom stereocenters. The fraction of sp³-hybridized carbons (Fsp3) is 0.320. The first-order valence-electron chi connectivity index (χ1n) is 11.4. The van der Waals surface area contributed by atoms with Crippen molar-refractivity contribution in [3.8, 4) is 11.4 Å². The quantitative estimate of drug-likeness (QED) is 0.392. The Morgan fingerprint density at radius 1 is 1.14 bits per heavy atom. The summed E-state index contributed by atoms with van der Waals surface area (Å²) in [6.07, 6.45) is 4.10. The van der Waals surface area contributed by atoms with Gasteiger partial charge >= 0.3 is 0 Å². The maximum atomic E-state index is 14.6. The van der Waals surface area contributed by atoms with E-state index in [-0.39, 0.29) is 12.8 Å². The Bertz CT molecular complexity index is 1330. The molecule has 35 heavy (non-hydrogen) atoms. The standard InChI is InChI=1S/C25H26ClFN6O2/c1-35-22-6-3-17(13-21(22)26)15-28-23-20-14-18(33-10-2-9-29-33)4-5-19(20)24(31-30-23)32-11-7-25(27,16-34)8-12-32/h2-6,9-10,13-14,34H,7-8,11-12,15-16H2,1H3,(H,28,30). The molecule has 5 rings (SSSR count). The van der Waals surface area contributed by atoms with Gasteiger partial charge in [0, 0.05) is 55.6 Å². The molecule has 1 aliphatic heterocycles. The predicted molar refractivity (Wildman–Crippen MR) is 134 cm³/mol. The van der Waals surface area contributed by atoms with E-state index in [0.717, 1.165) is 22.0 Å². The van der Waals surface area contributed by atoms with Crippen LogP contribution >= 0.6 is 11.6 Å². The summed E-state index contributed by atoms with van der Waals surface area (Å²) in [6.45, 7) is 0.944.